The highest BCUT2D eigenvalue weighted by molar-refractivity contribution is 5.60. The molecule has 0 bridgehead atoms. The van der Waals surface area contributed by atoms with Crippen LogP contribution in [0.15, 0.2) is 24.3 Å². The fraction of sp³-hybridized carbons (Fsp3) is 0.400. The van der Waals surface area contributed by atoms with Gasteiger partial charge in [0.05, 0.1) is 31.8 Å². The molecule has 0 saturated heterocycles. The lowest BCUT2D eigenvalue weighted by Crippen LogP contribution is -2.12. The molecule has 0 aliphatic heterocycles. The standard InChI is InChI=1S/2C10H12N2O5/c1-10(2,3)7-4-6(11(14)15)5-8(9(7)13)12(16)17;1-3-6(2)8-4-7(11(14)15)5-9(10(8)13)12(16)17/h4-5,13H,1-3H3;4-6,13H,3H2,1-2H3. The molecule has 0 aliphatic carbocycles. The van der Waals surface area contributed by atoms with Gasteiger partial charge in [0.1, 0.15) is 0 Å². The zero-order valence-electron chi connectivity index (χ0n) is 19.0. The molecule has 0 saturated carbocycles. The number of benzene rings is 2. The Morgan fingerprint density at radius 2 is 1.18 bits per heavy atom. The Labute approximate surface area is 193 Å². The fourth-order valence-corrected chi connectivity index (χ4v) is 2.89. The van der Waals surface area contributed by atoms with Crippen molar-refractivity contribution < 1.29 is 29.9 Å². The third-order valence-electron chi connectivity index (χ3n) is 4.94. The molecule has 2 aromatic rings. The van der Waals surface area contributed by atoms with Crippen LogP contribution >= 0.6 is 0 Å². The van der Waals surface area contributed by atoms with E-state index in [4.69, 9.17) is 0 Å². The molecule has 14 nitrogen and oxygen atoms in total. The van der Waals surface area contributed by atoms with Crippen molar-refractivity contribution >= 4 is 22.7 Å². The van der Waals surface area contributed by atoms with Gasteiger partial charge in [-0.25, -0.2) is 0 Å². The number of non-ortho nitro benzene ring substituents is 2. The van der Waals surface area contributed by atoms with E-state index < -0.39 is 53.7 Å². The number of aromatic hydroxyl groups is 2. The van der Waals surface area contributed by atoms with E-state index in [2.05, 4.69) is 0 Å². The van der Waals surface area contributed by atoms with E-state index in [0.29, 0.717) is 6.42 Å². The summed E-state index contributed by atoms with van der Waals surface area (Å²) in [5, 5.41) is 62.1. The van der Waals surface area contributed by atoms with Crippen LogP contribution in [0.2, 0.25) is 0 Å². The Hall–Kier alpha value is -4.36. The number of nitro benzene ring substituents is 4. The second-order valence-electron chi connectivity index (χ2n) is 8.35. The Morgan fingerprint density at radius 1 is 0.765 bits per heavy atom. The number of hydrogen-bond acceptors (Lipinski definition) is 10. The van der Waals surface area contributed by atoms with Crippen molar-refractivity contribution in [2.45, 2.75) is 52.4 Å². The molecule has 0 aromatic heterocycles. The predicted molar refractivity (Wildman–Crippen MR) is 120 cm³/mol. The number of nitro groups is 4. The maximum atomic E-state index is 10.7. The molecule has 0 fully saturated rings. The SMILES string of the molecule is CC(C)(C)c1cc([N+](=O)[O-])cc([N+](=O)[O-])c1O.CCC(C)c1cc([N+](=O)[O-])cc([N+](=O)[O-])c1O. The number of phenolic OH excluding ortho intramolecular Hbond substituents is 2. The monoisotopic (exact) mass is 480 g/mol. The van der Waals surface area contributed by atoms with Gasteiger partial charge in [0, 0.05) is 23.3 Å². The van der Waals surface area contributed by atoms with Crippen LogP contribution in [-0.2, 0) is 5.41 Å². The quantitative estimate of drug-likeness (QED) is 0.405. The Kier molecular flexibility index (Phi) is 8.55. The lowest BCUT2D eigenvalue weighted by molar-refractivity contribution is -0.395. The van der Waals surface area contributed by atoms with Gasteiger partial charge >= 0.3 is 11.4 Å². The Morgan fingerprint density at radius 3 is 1.53 bits per heavy atom. The number of nitrogens with zero attached hydrogens (tertiary/aromatic N) is 4. The Bertz CT molecular complexity index is 1140. The molecule has 1 unspecified atom stereocenters. The van der Waals surface area contributed by atoms with Crippen molar-refractivity contribution in [3.63, 3.8) is 0 Å². The van der Waals surface area contributed by atoms with E-state index in [9.17, 15) is 50.7 Å². The van der Waals surface area contributed by atoms with Gasteiger partial charge in [-0.2, -0.15) is 0 Å². The van der Waals surface area contributed by atoms with Gasteiger partial charge in [-0.1, -0.05) is 34.6 Å². The van der Waals surface area contributed by atoms with Gasteiger partial charge < -0.3 is 10.2 Å². The summed E-state index contributed by atoms with van der Waals surface area (Å²) >= 11 is 0. The third kappa shape index (κ3) is 6.34. The van der Waals surface area contributed by atoms with Crippen LogP contribution in [0.3, 0.4) is 0 Å². The third-order valence-corrected chi connectivity index (χ3v) is 4.94. The van der Waals surface area contributed by atoms with E-state index in [1.807, 2.05) is 6.92 Å². The molecule has 0 aliphatic rings. The molecule has 14 heteroatoms. The largest absolute Gasteiger partial charge is 0.502 e. The lowest BCUT2D eigenvalue weighted by Gasteiger charge is -2.19. The van der Waals surface area contributed by atoms with Crippen LogP contribution in [0, 0.1) is 40.5 Å². The second kappa shape index (κ2) is 10.5. The van der Waals surface area contributed by atoms with Gasteiger partial charge in [-0.05, 0) is 17.8 Å². The molecule has 0 heterocycles. The average Bonchev–Trinajstić information content (AvgIpc) is 2.72. The van der Waals surface area contributed by atoms with E-state index >= 15 is 0 Å². The molecular formula is C20H24N4O10. The van der Waals surface area contributed by atoms with Crippen molar-refractivity contribution in [3.8, 4) is 11.5 Å². The highest BCUT2D eigenvalue weighted by Crippen LogP contribution is 2.41. The van der Waals surface area contributed by atoms with Gasteiger partial charge in [0.15, 0.2) is 11.5 Å². The van der Waals surface area contributed by atoms with Crippen LogP contribution in [0.1, 0.15) is 58.1 Å². The minimum absolute atomic E-state index is 0.179. The van der Waals surface area contributed by atoms with Gasteiger partial charge in [-0.3, -0.25) is 40.5 Å². The zero-order valence-corrected chi connectivity index (χ0v) is 19.0. The van der Waals surface area contributed by atoms with Crippen molar-refractivity contribution in [1.82, 2.24) is 0 Å². The summed E-state index contributed by atoms with van der Waals surface area (Å²) < 4.78 is 0. The molecular weight excluding hydrogens is 456 g/mol. The first kappa shape index (κ1) is 27.7. The van der Waals surface area contributed by atoms with Crippen LogP contribution in [0.25, 0.3) is 0 Å². The first-order valence-corrected chi connectivity index (χ1v) is 9.84. The molecule has 0 radical (unpaired) electrons. The predicted octanol–water partition coefficient (Wildman–Crippen LogP) is 5.23. The summed E-state index contributed by atoms with van der Waals surface area (Å²) in [5.41, 5.74) is -2.28. The van der Waals surface area contributed by atoms with Crippen molar-refractivity contribution in [2.75, 3.05) is 0 Å². The van der Waals surface area contributed by atoms with Crippen molar-refractivity contribution in [3.05, 3.63) is 75.8 Å². The van der Waals surface area contributed by atoms with Gasteiger partial charge in [-0.15, -0.1) is 0 Å². The van der Waals surface area contributed by atoms with Crippen LogP contribution in [-0.4, -0.2) is 29.9 Å². The van der Waals surface area contributed by atoms with Crippen molar-refractivity contribution in [1.29, 1.82) is 0 Å². The van der Waals surface area contributed by atoms with Crippen molar-refractivity contribution in [2.24, 2.45) is 0 Å². The molecule has 2 aromatic carbocycles. The number of hydrogen-bond donors (Lipinski definition) is 2. The first-order valence-electron chi connectivity index (χ1n) is 9.84. The first-order chi connectivity index (χ1) is 15.5. The van der Waals surface area contributed by atoms with Gasteiger partial charge in [0.25, 0.3) is 11.4 Å². The summed E-state index contributed by atoms with van der Waals surface area (Å²) in [4.78, 5) is 39.6. The second-order valence-corrected chi connectivity index (χ2v) is 8.35. The normalized spacial score (nSPS) is 11.7. The molecule has 34 heavy (non-hydrogen) atoms. The smallest absolute Gasteiger partial charge is 0.317 e. The molecule has 0 amide bonds. The molecule has 184 valence electrons. The minimum atomic E-state index is -0.836. The zero-order chi connectivity index (χ0) is 26.5. The van der Waals surface area contributed by atoms with Crippen LogP contribution < -0.4 is 0 Å². The molecule has 2 N–H and O–H groups in total. The summed E-state index contributed by atoms with van der Waals surface area (Å²) in [7, 11) is 0. The number of rotatable bonds is 6. The number of phenols is 2. The highest BCUT2D eigenvalue weighted by atomic mass is 16.6. The summed E-state index contributed by atoms with van der Waals surface area (Å²) in [6.07, 6.45) is 0.617. The van der Waals surface area contributed by atoms with Gasteiger partial charge in [0.2, 0.25) is 0 Å². The van der Waals surface area contributed by atoms with Crippen LogP contribution in [0.4, 0.5) is 22.7 Å². The molecule has 1 atom stereocenters. The fourth-order valence-electron chi connectivity index (χ4n) is 2.89. The van der Waals surface area contributed by atoms with Crippen LogP contribution in [0.5, 0.6) is 11.5 Å². The van der Waals surface area contributed by atoms with E-state index in [1.54, 1.807) is 27.7 Å². The summed E-state index contributed by atoms with van der Waals surface area (Å²) in [6, 6.07) is 3.85. The maximum Gasteiger partial charge on any atom is 0.317 e. The Balaban J connectivity index is 0.000000340. The topological polar surface area (TPSA) is 213 Å². The summed E-state index contributed by atoms with van der Waals surface area (Å²) in [5.74, 6) is -1.20. The molecule has 2 rings (SSSR count). The minimum Gasteiger partial charge on any atom is -0.502 e. The average molecular weight is 480 g/mol. The van der Waals surface area contributed by atoms with E-state index in [0.717, 1.165) is 18.2 Å². The highest BCUT2D eigenvalue weighted by Gasteiger charge is 2.29. The maximum absolute atomic E-state index is 10.7. The lowest BCUT2D eigenvalue weighted by atomic mass is 9.85. The van der Waals surface area contributed by atoms with E-state index in [1.165, 1.54) is 6.07 Å². The molecule has 0 spiro atoms. The summed E-state index contributed by atoms with van der Waals surface area (Å²) in [6.45, 7) is 8.68. The van der Waals surface area contributed by atoms with E-state index in [-0.39, 0.29) is 22.7 Å².